The van der Waals surface area contributed by atoms with Crippen molar-refractivity contribution >= 4 is 22.9 Å². The van der Waals surface area contributed by atoms with Crippen LogP contribution in [0.5, 0.6) is 0 Å². The van der Waals surface area contributed by atoms with E-state index in [9.17, 15) is 4.79 Å². The topological polar surface area (TPSA) is 55.1 Å². The number of ketones is 1. The molecule has 0 amide bonds. The van der Waals surface area contributed by atoms with Crippen LogP contribution in [-0.4, -0.2) is 17.3 Å². The predicted molar refractivity (Wildman–Crippen MR) is 62.8 cm³/mol. The van der Waals surface area contributed by atoms with Gasteiger partial charge in [0.2, 0.25) is 0 Å². The number of carbonyl (C=O) groups excluding carboxylic acids is 1. The summed E-state index contributed by atoms with van der Waals surface area (Å²) in [7, 11) is 0. The van der Waals surface area contributed by atoms with E-state index in [1.54, 1.807) is 18.2 Å². The molecular weight excluding hydrogens is 204 g/mol. The number of hydrogen-bond donors (Lipinski definition) is 1. The van der Waals surface area contributed by atoms with E-state index in [0.717, 1.165) is 12.1 Å². The smallest absolute Gasteiger partial charge is 0.295 e. The monoisotopic (exact) mass is 218 g/mol. The lowest BCUT2D eigenvalue weighted by Gasteiger charge is -1.95. The number of nitrogens with one attached hydrogen (secondary N) is 1. The van der Waals surface area contributed by atoms with Gasteiger partial charge in [0.15, 0.2) is 11.4 Å². The third-order valence-corrected chi connectivity index (χ3v) is 2.36. The number of oxazole rings is 1. The van der Waals surface area contributed by atoms with E-state index in [4.69, 9.17) is 4.42 Å². The predicted octanol–water partition coefficient (Wildman–Crippen LogP) is 2.85. The van der Waals surface area contributed by atoms with Crippen LogP contribution in [0.25, 0.3) is 11.1 Å². The third-order valence-electron chi connectivity index (χ3n) is 2.36. The van der Waals surface area contributed by atoms with Crippen molar-refractivity contribution in [2.45, 2.75) is 20.3 Å². The first-order valence-electron chi connectivity index (χ1n) is 5.42. The van der Waals surface area contributed by atoms with E-state index < -0.39 is 0 Å². The number of hydrogen-bond acceptors (Lipinski definition) is 4. The molecule has 16 heavy (non-hydrogen) atoms. The van der Waals surface area contributed by atoms with Crippen molar-refractivity contribution in [2.24, 2.45) is 0 Å². The molecule has 0 aliphatic heterocycles. The number of fused-ring (bicyclic) bond motifs is 1. The molecule has 0 saturated heterocycles. The fourth-order valence-electron chi connectivity index (χ4n) is 1.53. The second-order valence-electron chi connectivity index (χ2n) is 3.51. The van der Waals surface area contributed by atoms with Gasteiger partial charge in [-0.05, 0) is 25.1 Å². The summed E-state index contributed by atoms with van der Waals surface area (Å²) in [4.78, 5) is 15.8. The Morgan fingerprint density at radius 2 is 2.25 bits per heavy atom. The molecule has 2 aromatic rings. The molecule has 0 aliphatic rings. The summed E-state index contributed by atoms with van der Waals surface area (Å²) in [5.74, 6) is 0.120. The van der Waals surface area contributed by atoms with Crippen molar-refractivity contribution in [3.05, 3.63) is 23.8 Å². The van der Waals surface area contributed by atoms with Gasteiger partial charge >= 0.3 is 0 Å². The summed E-state index contributed by atoms with van der Waals surface area (Å²) in [6, 6.07) is 5.82. The molecule has 1 aromatic carbocycles. The first-order valence-corrected chi connectivity index (χ1v) is 5.42. The molecule has 2 rings (SSSR count). The van der Waals surface area contributed by atoms with E-state index in [-0.39, 0.29) is 5.78 Å². The normalized spacial score (nSPS) is 10.6. The van der Waals surface area contributed by atoms with Crippen molar-refractivity contribution in [2.75, 3.05) is 11.9 Å². The molecule has 0 bridgehead atoms. The molecule has 0 radical (unpaired) electrons. The second-order valence-corrected chi connectivity index (χ2v) is 3.51. The van der Waals surface area contributed by atoms with Crippen LogP contribution >= 0.6 is 0 Å². The third kappa shape index (κ3) is 1.91. The Morgan fingerprint density at radius 3 is 2.94 bits per heavy atom. The molecule has 0 saturated carbocycles. The highest BCUT2D eigenvalue weighted by Crippen LogP contribution is 2.20. The Balaban J connectivity index is 2.41. The van der Waals surface area contributed by atoms with Gasteiger partial charge in [0.25, 0.3) is 6.01 Å². The zero-order valence-corrected chi connectivity index (χ0v) is 9.41. The van der Waals surface area contributed by atoms with Crippen molar-refractivity contribution in [1.82, 2.24) is 4.98 Å². The van der Waals surface area contributed by atoms with Gasteiger partial charge in [0.1, 0.15) is 5.52 Å². The average Bonchev–Trinajstić information content (AvgIpc) is 2.69. The van der Waals surface area contributed by atoms with E-state index in [1.165, 1.54) is 0 Å². The van der Waals surface area contributed by atoms with Gasteiger partial charge in [-0.3, -0.25) is 4.79 Å². The number of aromatic nitrogens is 1. The Hall–Kier alpha value is -1.84. The minimum Gasteiger partial charge on any atom is -0.424 e. The maximum atomic E-state index is 11.5. The molecule has 1 N–H and O–H groups in total. The van der Waals surface area contributed by atoms with Crippen molar-refractivity contribution in [1.29, 1.82) is 0 Å². The van der Waals surface area contributed by atoms with Gasteiger partial charge in [-0.15, -0.1) is 0 Å². The molecular formula is C12H14N2O2. The van der Waals surface area contributed by atoms with Crippen molar-refractivity contribution in [3.8, 4) is 0 Å². The van der Waals surface area contributed by atoms with Crippen LogP contribution in [0.2, 0.25) is 0 Å². The fraction of sp³-hybridized carbons (Fsp3) is 0.333. The minimum atomic E-state index is 0.120. The maximum Gasteiger partial charge on any atom is 0.295 e. The van der Waals surface area contributed by atoms with Crippen molar-refractivity contribution in [3.63, 3.8) is 0 Å². The highest BCUT2D eigenvalue weighted by Gasteiger charge is 2.08. The summed E-state index contributed by atoms with van der Waals surface area (Å²) in [6.07, 6.45) is 0.503. The number of benzene rings is 1. The standard InChI is InChI=1S/C12H14N2O2/c1-3-10(15)8-5-6-11-9(7-8)14-12(16-11)13-4-2/h5-7H,3-4H2,1-2H3,(H,13,14). The quantitative estimate of drug-likeness (QED) is 0.802. The average molecular weight is 218 g/mol. The summed E-state index contributed by atoms with van der Waals surface area (Å²) >= 11 is 0. The molecule has 0 spiro atoms. The minimum absolute atomic E-state index is 0.120. The molecule has 4 nitrogen and oxygen atoms in total. The summed E-state index contributed by atoms with van der Waals surface area (Å²) in [5.41, 5.74) is 2.10. The lowest BCUT2D eigenvalue weighted by atomic mass is 10.1. The van der Waals surface area contributed by atoms with Crippen LogP contribution in [0.1, 0.15) is 30.6 Å². The van der Waals surface area contributed by atoms with Crippen LogP contribution < -0.4 is 5.32 Å². The SMILES string of the molecule is CCNc1nc2cc(C(=O)CC)ccc2o1. The number of nitrogens with zero attached hydrogens (tertiary/aromatic N) is 1. The lowest BCUT2D eigenvalue weighted by molar-refractivity contribution is 0.0988. The fourth-order valence-corrected chi connectivity index (χ4v) is 1.53. The zero-order valence-electron chi connectivity index (χ0n) is 9.41. The largest absolute Gasteiger partial charge is 0.424 e. The van der Waals surface area contributed by atoms with E-state index >= 15 is 0 Å². The van der Waals surface area contributed by atoms with Crippen LogP contribution in [0, 0.1) is 0 Å². The zero-order chi connectivity index (χ0) is 11.5. The Kier molecular flexibility index (Phi) is 2.90. The molecule has 0 atom stereocenters. The van der Waals surface area contributed by atoms with E-state index in [1.807, 2.05) is 13.8 Å². The maximum absolute atomic E-state index is 11.5. The molecule has 84 valence electrons. The number of rotatable bonds is 4. The van der Waals surface area contributed by atoms with Crippen LogP contribution in [0.15, 0.2) is 22.6 Å². The molecule has 4 heteroatoms. The highest BCUT2D eigenvalue weighted by molar-refractivity contribution is 5.98. The molecule has 0 unspecified atom stereocenters. The van der Waals surface area contributed by atoms with Crippen LogP contribution in [0.3, 0.4) is 0 Å². The number of Topliss-reactive ketones (excluding diaryl/α,β-unsaturated/α-hetero) is 1. The van der Waals surface area contributed by atoms with Gasteiger partial charge < -0.3 is 9.73 Å². The van der Waals surface area contributed by atoms with E-state index in [2.05, 4.69) is 10.3 Å². The molecule has 1 heterocycles. The van der Waals surface area contributed by atoms with Gasteiger partial charge in [-0.2, -0.15) is 4.98 Å². The molecule has 1 aromatic heterocycles. The Morgan fingerprint density at radius 1 is 1.44 bits per heavy atom. The van der Waals surface area contributed by atoms with Gasteiger partial charge in [-0.1, -0.05) is 6.92 Å². The first kappa shape index (κ1) is 10.7. The summed E-state index contributed by atoms with van der Waals surface area (Å²) in [5, 5.41) is 3.00. The lowest BCUT2D eigenvalue weighted by Crippen LogP contribution is -1.96. The number of carbonyl (C=O) groups is 1. The second kappa shape index (κ2) is 4.35. The van der Waals surface area contributed by atoms with Gasteiger partial charge in [0, 0.05) is 18.5 Å². The Bertz CT molecular complexity index is 517. The number of anilines is 1. The van der Waals surface area contributed by atoms with E-state index in [0.29, 0.717) is 23.6 Å². The van der Waals surface area contributed by atoms with Crippen LogP contribution in [-0.2, 0) is 0 Å². The summed E-state index contributed by atoms with van der Waals surface area (Å²) in [6.45, 7) is 4.58. The first-order chi connectivity index (χ1) is 7.74. The van der Waals surface area contributed by atoms with Gasteiger partial charge in [0.05, 0.1) is 0 Å². The van der Waals surface area contributed by atoms with Crippen LogP contribution in [0.4, 0.5) is 6.01 Å². The molecule has 0 fully saturated rings. The van der Waals surface area contributed by atoms with Gasteiger partial charge in [-0.25, -0.2) is 0 Å². The molecule has 0 aliphatic carbocycles. The summed E-state index contributed by atoms with van der Waals surface area (Å²) < 4.78 is 5.44. The highest BCUT2D eigenvalue weighted by atomic mass is 16.4. The van der Waals surface area contributed by atoms with Crippen molar-refractivity contribution < 1.29 is 9.21 Å². The Labute approximate surface area is 93.7 Å².